The van der Waals surface area contributed by atoms with Crippen LogP contribution in [0.5, 0.6) is 0 Å². The number of carbonyl (C=O) groups excluding carboxylic acids is 2. The summed E-state index contributed by atoms with van der Waals surface area (Å²) in [7, 11) is 0. The van der Waals surface area contributed by atoms with Crippen LogP contribution in [0.25, 0.3) is 11.0 Å². The van der Waals surface area contributed by atoms with Crippen LogP contribution in [0.15, 0.2) is 72.8 Å². The molecule has 0 aliphatic rings. The zero-order valence-electron chi connectivity index (χ0n) is 18.3. The molecular weight excluding hydrogens is 400 g/mol. The Morgan fingerprint density at radius 3 is 2.56 bits per heavy atom. The third kappa shape index (κ3) is 4.70. The lowest BCUT2D eigenvalue weighted by molar-refractivity contribution is -0.116. The zero-order valence-corrected chi connectivity index (χ0v) is 18.3. The number of carbonyl (C=O) groups is 2. The number of anilines is 1. The standard InChI is InChI=1S/C26H26N4O2/c1-3-19-10-4-5-12-21(19)29-25(31)17-30-23-14-7-6-13-22(23)28-24(30)16-27-26(32)20-11-8-9-18(2)15-20/h4-15H,3,16-17H2,1-2H3,(H,27,32)(H,29,31). The van der Waals surface area contributed by atoms with E-state index in [9.17, 15) is 9.59 Å². The maximum Gasteiger partial charge on any atom is 0.251 e. The van der Waals surface area contributed by atoms with Crippen LogP contribution < -0.4 is 10.6 Å². The van der Waals surface area contributed by atoms with Crippen LogP contribution in [-0.4, -0.2) is 21.4 Å². The molecule has 1 heterocycles. The number of aryl methyl sites for hydroxylation is 2. The molecule has 3 aromatic carbocycles. The van der Waals surface area contributed by atoms with Crippen LogP contribution in [0.1, 0.15) is 34.2 Å². The van der Waals surface area contributed by atoms with E-state index in [2.05, 4.69) is 22.5 Å². The fourth-order valence-corrected chi connectivity index (χ4v) is 3.77. The molecule has 6 nitrogen and oxygen atoms in total. The fraction of sp³-hybridized carbons (Fsp3) is 0.192. The Hall–Kier alpha value is -3.93. The summed E-state index contributed by atoms with van der Waals surface area (Å²) < 4.78 is 1.86. The van der Waals surface area contributed by atoms with E-state index in [-0.39, 0.29) is 24.9 Å². The van der Waals surface area contributed by atoms with Crippen molar-refractivity contribution in [1.82, 2.24) is 14.9 Å². The van der Waals surface area contributed by atoms with Crippen LogP contribution in [-0.2, 0) is 24.3 Å². The average molecular weight is 427 g/mol. The molecule has 0 fully saturated rings. The highest BCUT2D eigenvalue weighted by atomic mass is 16.2. The second-order valence-electron chi connectivity index (χ2n) is 7.71. The monoisotopic (exact) mass is 426 g/mol. The van der Waals surface area contributed by atoms with Crippen LogP contribution in [0.4, 0.5) is 5.69 Å². The lowest BCUT2D eigenvalue weighted by Crippen LogP contribution is -2.26. The summed E-state index contributed by atoms with van der Waals surface area (Å²) in [4.78, 5) is 30.2. The van der Waals surface area contributed by atoms with Gasteiger partial charge in [0.15, 0.2) is 0 Å². The molecule has 4 rings (SSSR count). The number of hydrogen-bond acceptors (Lipinski definition) is 3. The number of fused-ring (bicyclic) bond motifs is 1. The molecule has 0 saturated carbocycles. The van der Waals surface area contributed by atoms with Crippen LogP contribution in [0, 0.1) is 6.92 Å². The summed E-state index contributed by atoms with van der Waals surface area (Å²) in [5.74, 6) is 0.320. The van der Waals surface area contributed by atoms with E-state index in [1.807, 2.05) is 78.2 Å². The number of nitrogens with one attached hydrogen (secondary N) is 2. The summed E-state index contributed by atoms with van der Waals surface area (Å²) in [6.07, 6.45) is 0.834. The van der Waals surface area contributed by atoms with Gasteiger partial charge < -0.3 is 15.2 Å². The summed E-state index contributed by atoms with van der Waals surface area (Å²) in [6.45, 7) is 4.34. The number of amides is 2. The Balaban J connectivity index is 1.55. The molecule has 1 aromatic heterocycles. The molecule has 0 spiro atoms. The van der Waals surface area contributed by atoms with Crippen molar-refractivity contribution in [2.24, 2.45) is 0 Å². The van der Waals surface area contributed by atoms with E-state index in [0.29, 0.717) is 11.4 Å². The predicted molar refractivity (Wildman–Crippen MR) is 127 cm³/mol. The Labute approximate surface area is 187 Å². The van der Waals surface area contributed by atoms with E-state index in [0.717, 1.165) is 34.3 Å². The minimum Gasteiger partial charge on any atom is -0.345 e. The number of aromatic nitrogens is 2. The number of para-hydroxylation sites is 3. The molecule has 162 valence electrons. The Kier molecular flexibility index (Phi) is 6.31. The van der Waals surface area contributed by atoms with Gasteiger partial charge in [-0.3, -0.25) is 9.59 Å². The predicted octanol–water partition coefficient (Wildman–Crippen LogP) is 4.48. The first-order valence-corrected chi connectivity index (χ1v) is 10.7. The van der Waals surface area contributed by atoms with Gasteiger partial charge in [-0.15, -0.1) is 0 Å². The smallest absolute Gasteiger partial charge is 0.251 e. The van der Waals surface area contributed by atoms with Gasteiger partial charge in [0.1, 0.15) is 12.4 Å². The molecule has 0 unspecified atom stereocenters. The van der Waals surface area contributed by atoms with Gasteiger partial charge >= 0.3 is 0 Å². The topological polar surface area (TPSA) is 76.0 Å². The first-order chi connectivity index (χ1) is 15.5. The second-order valence-corrected chi connectivity index (χ2v) is 7.71. The van der Waals surface area contributed by atoms with Crippen molar-refractivity contribution in [3.8, 4) is 0 Å². The van der Waals surface area contributed by atoms with Gasteiger partial charge in [0.05, 0.1) is 17.6 Å². The molecule has 0 atom stereocenters. The highest BCUT2D eigenvalue weighted by Crippen LogP contribution is 2.18. The number of rotatable bonds is 7. The van der Waals surface area contributed by atoms with Gasteiger partial charge in [0.2, 0.25) is 5.91 Å². The molecule has 0 bridgehead atoms. The van der Waals surface area contributed by atoms with Crippen molar-refractivity contribution >= 4 is 28.5 Å². The molecule has 0 radical (unpaired) electrons. The molecule has 0 aliphatic heterocycles. The van der Waals surface area contributed by atoms with E-state index >= 15 is 0 Å². The molecule has 2 amide bonds. The number of nitrogens with zero attached hydrogens (tertiary/aromatic N) is 2. The molecular formula is C26H26N4O2. The first-order valence-electron chi connectivity index (χ1n) is 10.7. The van der Waals surface area contributed by atoms with Crippen molar-refractivity contribution < 1.29 is 9.59 Å². The Bertz CT molecular complexity index is 1280. The van der Waals surface area contributed by atoms with Gasteiger partial charge in [-0.2, -0.15) is 0 Å². The van der Waals surface area contributed by atoms with E-state index in [1.165, 1.54) is 0 Å². The SMILES string of the molecule is CCc1ccccc1NC(=O)Cn1c(CNC(=O)c2cccc(C)c2)nc2ccccc21. The van der Waals surface area contributed by atoms with E-state index < -0.39 is 0 Å². The third-order valence-corrected chi connectivity index (χ3v) is 5.40. The molecule has 0 aliphatic carbocycles. The minimum atomic E-state index is -0.173. The largest absolute Gasteiger partial charge is 0.345 e. The van der Waals surface area contributed by atoms with Crippen LogP contribution in [0.2, 0.25) is 0 Å². The summed E-state index contributed by atoms with van der Waals surface area (Å²) in [6, 6.07) is 22.9. The zero-order chi connectivity index (χ0) is 22.5. The molecule has 6 heteroatoms. The maximum absolute atomic E-state index is 12.9. The Morgan fingerprint density at radius 2 is 1.75 bits per heavy atom. The lowest BCUT2D eigenvalue weighted by atomic mass is 10.1. The van der Waals surface area contributed by atoms with Crippen molar-refractivity contribution in [3.05, 3.63) is 95.3 Å². The lowest BCUT2D eigenvalue weighted by Gasteiger charge is -2.13. The number of imidazole rings is 1. The summed E-state index contributed by atoms with van der Waals surface area (Å²) >= 11 is 0. The van der Waals surface area contributed by atoms with Gasteiger partial charge in [-0.05, 0) is 49.2 Å². The Morgan fingerprint density at radius 1 is 0.969 bits per heavy atom. The highest BCUT2D eigenvalue weighted by Gasteiger charge is 2.15. The van der Waals surface area contributed by atoms with E-state index in [1.54, 1.807) is 6.07 Å². The van der Waals surface area contributed by atoms with Crippen molar-refractivity contribution in [2.75, 3.05) is 5.32 Å². The quantitative estimate of drug-likeness (QED) is 0.458. The fourth-order valence-electron chi connectivity index (χ4n) is 3.77. The number of benzene rings is 3. The van der Waals surface area contributed by atoms with Crippen LogP contribution in [0.3, 0.4) is 0 Å². The molecule has 2 N–H and O–H groups in total. The average Bonchev–Trinajstić information content (AvgIpc) is 3.15. The summed E-state index contributed by atoms with van der Waals surface area (Å²) in [5, 5.41) is 5.94. The molecule has 0 saturated heterocycles. The van der Waals surface area contributed by atoms with Gasteiger partial charge in [0.25, 0.3) is 5.91 Å². The number of hydrogen-bond donors (Lipinski definition) is 2. The first kappa shape index (κ1) is 21.3. The third-order valence-electron chi connectivity index (χ3n) is 5.40. The van der Waals surface area contributed by atoms with Crippen LogP contribution >= 0.6 is 0 Å². The highest BCUT2D eigenvalue weighted by molar-refractivity contribution is 5.94. The van der Waals surface area contributed by atoms with Gasteiger partial charge in [-0.25, -0.2) is 4.98 Å². The van der Waals surface area contributed by atoms with Crippen molar-refractivity contribution in [3.63, 3.8) is 0 Å². The summed E-state index contributed by atoms with van der Waals surface area (Å²) in [5.41, 5.74) is 5.16. The normalized spacial score (nSPS) is 10.8. The van der Waals surface area contributed by atoms with E-state index in [4.69, 9.17) is 0 Å². The molecule has 4 aromatic rings. The minimum absolute atomic E-state index is 0.105. The second kappa shape index (κ2) is 9.47. The maximum atomic E-state index is 12.9. The van der Waals surface area contributed by atoms with Crippen molar-refractivity contribution in [1.29, 1.82) is 0 Å². The van der Waals surface area contributed by atoms with Crippen molar-refractivity contribution in [2.45, 2.75) is 33.4 Å². The van der Waals surface area contributed by atoms with Gasteiger partial charge in [0, 0.05) is 11.3 Å². The molecule has 32 heavy (non-hydrogen) atoms. The van der Waals surface area contributed by atoms with Gasteiger partial charge in [-0.1, -0.05) is 55.0 Å².